The minimum Gasteiger partial charge on any atom is -0.495 e. The van der Waals surface area contributed by atoms with Crippen LogP contribution in [0.25, 0.3) is 0 Å². The van der Waals surface area contributed by atoms with Gasteiger partial charge in [-0.25, -0.2) is 13.2 Å². The summed E-state index contributed by atoms with van der Waals surface area (Å²) in [5, 5.41) is -0.213. The molecule has 8 heteroatoms. The summed E-state index contributed by atoms with van der Waals surface area (Å²) in [5.74, 6) is -1.05. The van der Waals surface area contributed by atoms with Crippen LogP contribution in [-0.2, 0) is 0 Å². The third-order valence-corrected chi connectivity index (χ3v) is 6.52. The van der Waals surface area contributed by atoms with Crippen molar-refractivity contribution >= 4 is 28.7 Å². The second kappa shape index (κ2) is 7.52. The fourth-order valence-corrected chi connectivity index (χ4v) is 4.65. The Morgan fingerprint density at radius 1 is 0.897 bits per heavy atom. The van der Waals surface area contributed by atoms with Crippen LogP contribution in [0.4, 0.5) is 30.2 Å². The van der Waals surface area contributed by atoms with Crippen molar-refractivity contribution in [3.63, 3.8) is 0 Å². The third-order valence-electron chi connectivity index (χ3n) is 6.23. The van der Waals surface area contributed by atoms with Crippen LogP contribution in [-0.4, -0.2) is 33.3 Å². The molecule has 2 aliphatic heterocycles. The molecular weight excluding hydrogens is 403 g/mol. The van der Waals surface area contributed by atoms with Gasteiger partial charge in [-0.15, -0.1) is 0 Å². The van der Waals surface area contributed by atoms with E-state index in [-0.39, 0.29) is 27.6 Å². The summed E-state index contributed by atoms with van der Waals surface area (Å²) in [5.41, 5.74) is 6.78. The van der Waals surface area contributed by atoms with Gasteiger partial charge < -0.3 is 20.3 Å². The van der Waals surface area contributed by atoms with E-state index in [2.05, 4.69) is 0 Å². The lowest BCUT2D eigenvalue weighted by atomic mass is 9.77. The molecule has 0 aliphatic carbocycles. The lowest BCUT2D eigenvalue weighted by Crippen LogP contribution is -2.42. The maximum atomic E-state index is 14.4. The van der Waals surface area contributed by atoms with Crippen LogP contribution in [0.2, 0.25) is 5.02 Å². The Morgan fingerprint density at radius 2 is 1.48 bits per heavy atom. The number of benzene rings is 2. The Bertz CT molecular complexity index is 932. The van der Waals surface area contributed by atoms with Crippen LogP contribution in [0.1, 0.15) is 19.3 Å². The average molecular weight is 426 g/mol. The van der Waals surface area contributed by atoms with E-state index in [0.717, 1.165) is 25.3 Å². The molecule has 4 nitrogen and oxygen atoms in total. The number of piperidine rings is 1. The highest BCUT2D eigenvalue weighted by Crippen LogP contribution is 2.44. The number of hydrogen-bond donors (Lipinski definition) is 1. The fraction of sp³-hybridized carbons (Fsp3) is 0.429. The minimum absolute atomic E-state index is 0.00736. The quantitative estimate of drug-likeness (QED) is 0.564. The largest absolute Gasteiger partial charge is 0.495 e. The SMILES string of the molecule is COc1cc(N2CCC3(CC2)CCN(c2cc(F)c(Cl)cc2F)C3)c(F)cc1N. The van der Waals surface area contributed by atoms with Crippen molar-refractivity contribution in [3.05, 3.63) is 46.7 Å². The van der Waals surface area contributed by atoms with Gasteiger partial charge in [0.2, 0.25) is 0 Å². The van der Waals surface area contributed by atoms with Gasteiger partial charge in [0.15, 0.2) is 0 Å². The molecule has 0 aromatic heterocycles. The van der Waals surface area contributed by atoms with Crippen molar-refractivity contribution in [2.45, 2.75) is 19.3 Å². The van der Waals surface area contributed by atoms with E-state index in [1.54, 1.807) is 6.07 Å². The second-order valence-electron chi connectivity index (χ2n) is 7.92. The topological polar surface area (TPSA) is 41.7 Å². The molecular formula is C21H23ClF3N3O. The first-order valence-corrected chi connectivity index (χ1v) is 9.97. The van der Waals surface area contributed by atoms with Gasteiger partial charge in [0.05, 0.1) is 29.2 Å². The average Bonchev–Trinajstić information content (AvgIpc) is 3.09. The van der Waals surface area contributed by atoms with Gasteiger partial charge in [-0.1, -0.05) is 11.6 Å². The van der Waals surface area contributed by atoms with Gasteiger partial charge in [0.1, 0.15) is 23.2 Å². The second-order valence-corrected chi connectivity index (χ2v) is 8.33. The van der Waals surface area contributed by atoms with E-state index in [9.17, 15) is 13.2 Å². The Hall–Kier alpha value is -2.28. The first kappa shape index (κ1) is 20.0. The number of methoxy groups -OCH3 is 1. The first-order chi connectivity index (χ1) is 13.8. The lowest BCUT2D eigenvalue weighted by Gasteiger charge is -2.40. The Labute approximate surface area is 173 Å². The monoisotopic (exact) mass is 425 g/mol. The van der Waals surface area contributed by atoms with Crippen LogP contribution in [0.3, 0.4) is 0 Å². The normalized spacial score (nSPS) is 18.5. The van der Waals surface area contributed by atoms with Gasteiger partial charge in [-0.3, -0.25) is 0 Å². The van der Waals surface area contributed by atoms with Crippen molar-refractivity contribution in [2.24, 2.45) is 5.41 Å². The van der Waals surface area contributed by atoms with Crippen LogP contribution < -0.4 is 20.3 Å². The number of halogens is 4. The molecule has 0 radical (unpaired) electrons. The van der Waals surface area contributed by atoms with Gasteiger partial charge in [0.25, 0.3) is 0 Å². The molecule has 2 heterocycles. The molecule has 4 rings (SSSR count). The summed E-state index contributed by atoms with van der Waals surface area (Å²) in [6.07, 6.45) is 2.57. The molecule has 2 saturated heterocycles. The van der Waals surface area contributed by atoms with Crippen LogP contribution in [0.15, 0.2) is 24.3 Å². The summed E-state index contributed by atoms with van der Waals surface area (Å²) in [4.78, 5) is 3.88. The van der Waals surface area contributed by atoms with E-state index in [4.69, 9.17) is 22.1 Å². The van der Waals surface area contributed by atoms with Gasteiger partial charge in [-0.05, 0) is 30.7 Å². The number of nitrogen functional groups attached to an aromatic ring is 1. The summed E-state index contributed by atoms with van der Waals surface area (Å²) in [7, 11) is 1.50. The highest BCUT2D eigenvalue weighted by molar-refractivity contribution is 6.30. The molecule has 2 aromatic rings. The van der Waals surface area contributed by atoms with E-state index < -0.39 is 11.6 Å². The highest BCUT2D eigenvalue weighted by atomic mass is 35.5. The number of hydrogen-bond acceptors (Lipinski definition) is 4. The van der Waals surface area contributed by atoms with Crippen molar-refractivity contribution in [1.82, 2.24) is 0 Å². The highest BCUT2D eigenvalue weighted by Gasteiger charge is 2.41. The molecule has 0 atom stereocenters. The molecule has 2 fully saturated rings. The maximum absolute atomic E-state index is 14.4. The van der Waals surface area contributed by atoms with Crippen molar-refractivity contribution in [3.8, 4) is 5.75 Å². The Kier molecular flexibility index (Phi) is 5.19. The third kappa shape index (κ3) is 3.68. The van der Waals surface area contributed by atoms with E-state index in [1.165, 1.54) is 19.2 Å². The van der Waals surface area contributed by atoms with Crippen molar-refractivity contribution in [1.29, 1.82) is 0 Å². The molecule has 0 bridgehead atoms. The van der Waals surface area contributed by atoms with Crippen LogP contribution in [0, 0.1) is 22.9 Å². The number of anilines is 3. The molecule has 0 unspecified atom stereocenters. The number of nitrogens with zero attached hydrogens (tertiary/aromatic N) is 2. The van der Waals surface area contributed by atoms with Gasteiger partial charge in [-0.2, -0.15) is 0 Å². The minimum atomic E-state index is -0.619. The van der Waals surface area contributed by atoms with Crippen LogP contribution >= 0.6 is 11.6 Å². The van der Waals surface area contributed by atoms with Gasteiger partial charge in [0, 0.05) is 44.4 Å². The summed E-state index contributed by atoms with van der Waals surface area (Å²) < 4.78 is 47.8. The zero-order valence-corrected chi connectivity index (χ0v) is 16.9. The van der Waals surface area contributed by atoms with Crippen molar-refractivity contribution in [2.75, 3.05) is 48.8 Å². The molecule has 1 spiro atoms. The molecule has 156 valence electrons. The molecule has 0 amide bonds. The zero-order valence-electron chi connectivity index (χ0n) is 16.2. The van der Waals surface area contributed by atoms with Gasteiger partial charge >= 0.3 is 0 Å². The zero-order chi connectivity index (χ0) is 20.8. The molecule has 0 saturated carbocycles. The standard InChI is InChI=1S/C21H23ClF3N3O/c1-29-20-11-19(16(25)9-17(20)26)27-5-2-21(3-6-27)4-7-28(12-21)18-10-14(23)13(22)8-15(18)24/h8-11H,2-7,12,26H2,1H3. The smallest absolute Gasteiger partial charge is 0.148 e. The Balaban J connectivity index is 1.47. The molecule has 29 heavy (non-hydrogen) atoms. The van der Waals surface area contributed by atoms with Crippen molar-refractivity contribution < 1.29 is 17.9 Å². The summed E-state index contributed by atoms with van der Waals surface area (Å²) in [6.45, 7) is 2.65. The summed E-state index contributed by atoms with van der Waals surface area (Å²) in [6, 6.07) is 5.11. The molecule has 2 aliphatic rings. The first-order valence-electron chi connectivity index (χ1n) is 9.59. The van der Waals surface area contributed by atoms with E-state index in [1.807, 2.05) is 9.80 Å². The lowest BCUT2D eigenvalue weighted by molar-refractivity contribution is 0.249. The maximum Gasteiger partial charge on any atom is 0.148 e. The van der Waals surface area contributed by atoms with Crippen LogP contribution in [0.5, 0.6) is 5.75 Å². The van der Waals surface area contributed by atoms with E-state index >= 15 is 0 Å². The molecule has 2 aromatic carbocycles. The fourth-order valence-electron chi connectivity index (χ4n) is 4.50. The predicted octanol–water partition coefficient (Wildman–Crippen LogP) is 4.85. The summed E-state index contributed by atoms with van der Waals surface area (Å²) >= 11 is 5.67. The van der Waals surface area contributed by atoms with E-state index in [0.29, 0.717) is 37.6 Å². The molecule has 2 N–H and O–H groups in total. The number of rotatable bonds is 3. The number of nitrogens with two attached hydrogens (primary N) is 1. The Morgan fingerprint density at radius 3 is 2.14 bits per heavy atom. The predicted molar refractivity (Wildman–Crippen MR) is 109 cm³/mol. The number of ether oxygens (including phenoxy) is 1.